The minimum absolute atomic E-state index is 0.0232. The topological polar surface area (TPSA) is 64.6 Å². The van der Waals surface area contributed by atoms with Crippen LogP contribution in [0.5, 0.6) is 11.5 Å². The molecule has 5 nitrogen and oxygen atoms in total. The molecule has 0 aromatic heterocycles. The van der Waals surface area contributed by atoms with Crippen molar-refractivity contribution in [2.75, 3.05) is 14.2 Å². The first-order valence-corrected chi connectivity index (χ1v) is 10.8. The maximum atomic E-state index is 13.3. The Kier molecular flexibility index (Phi) is 5.89. The van der Waals surface area contributed by atoms with Gasteiger partial charge in [-0.15, -0.1) is 0 Å². The Morgan fingerprint density at radius 1 is 1.00 bits per heavy atom. The molecule has 0 spiro atoms. The number of hydrogen-bond acceptors (Lipinski definition) is 4. The van der Waals surface area contributed by atoms with E-state index < -0.39 is 0 Å². The molecule has 30 heavy (non-hydrogen) atoms. The number of carbonyl (C=O) groups excluding carboxylic acids is 2. The number of carbonyl (C=O) groups is 2. The van der Waals surface area contributed by atoms with Crippen molar-refractivity contribution in [2.45, 2.75) is 31.1 Å². The molecule has 0 saturated heterocycles. The van der Waals surface area contributed by atoms with Crippen LogP contribution in [0.15, 0.2) is 52.1 Å². The van der Waals surface area contributed by atoms with Crippen molar-refractivity contribution in [3.63, 3.8) is 0 Å². The van der Waals surface area contributed by atoms with E-state index in [0.717, 1.165) is 15.6 Å². The molecule has 2 aromatic rings. The average molecular weight is 491 g/mol. The first kappa shape index (κ1) is 20.9. The molecule has 2 aliphatic rings. The summed E-state index contributed by atoms with van der Waals surface area (Å²) in [6.45, 7) is 0. The summed E-state index contributed by atoms with van der Waals surface area (Å²) in [6.07, 6.45) is 1.09. The lowest BCUT2D eigenvalue weighted by Crippen LogP contribution is -2.38. The first-order chi connectivity index (χ1) is 14.4. The van der Waals surface area contributed by atoms with E-state index >= 15 is 0 Å². The fraction of sp³-hybridized carbons (Fsp3) is 0.304. The van der Waals surface area contributed by atoms with Gasteiger partial charge in [-0.2, -0.15) is 0 Å². The number of methoxy groups -OCH3 is 2. The molecular weight excluding hydrogens is 470 g/mol. The molecule has 1 heterocycles. The van der Waals surface area contributed by atoms with Gasteiger partial charge in [-0.25, -0.2) is 0 Å². The van der Waals surface area contributed by atoms with E-state index in [2.05, 4.69) is 21.2 Å². The Labute approximate surface area is 188 Å². The molecule has 2 unspecified atom stereocenters. The molecular formula is C23H21BrClNO4. The zero-order chi connectivity index (χ0) is 21.4. The van der Waals surface area contributed by atoms with Crippen molar-refractivity contribution in [1.82, 2.24) is 5.32 Å². The second-order valence-electron chi connectivity index (χ2n) is 7.48. The number of hydrogen-bond donors (Lipinski definition) is 1. The lowest BCUT2D eigenvalue weighted by molar-refractivity contribution is -0.122. The third-order valence-corrected chi connectivity index (χ3v) is 6.72. The van der Waals surface area contributed by atoms with Crippen molar-refractivity contribution in [3.8, 4) is 11.5 Å². The Hall–Kier alpha value is -2.31. The quantitative estimate of drug-likeness (QED) is 0.646. The zero-order valence-electron chi connectivity index (χ0n) is 16.6. The highest BCUT2D eigenvalue weighted by molar-refractivity contribution is 9.10. The van der Waals surface area contributed by atoms with Gasteiger partial charge in [0.2, 0.25) is 5.91 Å². The Morgan fingerprint density at radius 2 is 1.73 bits per heavy atom. The largest absolute Gasteiger partial charge is 0.496 e. The van der Waals surface area contributed by atoms with Gasteiger partial charge in [0.25, 0.3) is 0 Å². The number of amides is 1. The SMILES string of the molecule is COc1cc(C2CC(=O)NC3=C2C(=O)CC(c2ccccc2Cl)C3)c(OC)cc1Br. The maximum Gasteiger partial charge on any atom is 0.225 e. The summed E-state index contributed by atoms with van der Waals surface area (Å²) >= 11 is 9.84. The normalized spacial score (nSPS) is 21.2. The number of ether oxygens (including phenoxy) is 2. The van der Waals surface area contributed by atoms with Crippen LogP contribution in [0.25, 0.3) is 0 Å². The second-order valence-corrected chi connectivity index (χ2v) is 8.74. The predicted octanol–water partition coefficient (Wildman–Crippen LogP) is 5.12. The lowest BCUT2D eigenvalue weighted by Gasteiger charge is -2.35. The molecule has 0 bridgehead atoms. The molecule has 1 aliphatic carbocycles. The van der Waals surface area contributed by atoms with Gasteiger partial charge in [0.15, 0.2) is 5.78 Å². The highest BCUT2D eigenvalue weighted by atomic mass is 79.9. The zero-order valence-corrected chi connectivity index (χ0v) is 19.0. The van der Waals surface area contributed by atoms with Crippen LogP contribution in [0, 0.1) is 0 Å². The van der Waals surface area contributed by atoms with Gasteiger partial charge < -0.3 is 14.8 Å². The Morgan fingerprint density at radius 3 is 2.43 bits per heavy atom. The highest BCUT2D eigenvalue weighted by Gasteiger charge is 2.39. The van der Waals surface area contributed by atoms with Crippen molar-refractivity contribution in [1.29, 1.82) is 0 Å². The summed E-state index contributed by atoms with van der Waals surface area (Å²) in [6, 6.07) is 11.2. The van der Waals surface area contributed by atoms with Gasteiger partial charge >= 0.3 is 0 Å². The smallest absolute Gasteiger partial charge is 0.225 e. The number of allylic oxidation sites excluding steroid dienone is 2. The maximum absolute atomic E-state index is 13.3. The van der Waals surface area contributed by atoms with Crippen molar-refractivity contribution in [2.24, 2.45) is 0 Å². The molecule has 2 aromatic carbocycles. The van der Waals surface area contributed by atoms with Crippen LogP contribution >= 0.6 is 27.5 Å². The second kappa shape index (κ2) is 8.44. The van der Waals surface area contributed by atoms with Gasteiger partial charge in [-0.05, 0) is 52.0 Å². The van der Waals surface area contributed by atoms with Gasteiger partial charge in [0, 0.05) is 40.6 Å². The van der Waals surface area contributed by atoms with Crippen LogP contribution in [0.1, 0.15) is 42.2 Å². The minimum Gasteiger partial charge on any atom is -0.496 e. The molecule has 1 N–H and O–H groups in total. The molecule has 4 rings (SSSR count). The number of rotatable bonds is 4. The third kappa shape index (κ3) is 3.74. The number of halogens is 2. The molecule has 2 atom stereocenters. The fourth-order valence-corrected chi connectivity index (χ4v) is 5.18. The van der Waals surface area contributed by atoms with E-state index in [1.54, 1.807) is 20.3 Å². The van der Waals surface area contributed by atoms with E-state index in [4.69, 9.17) is 21.1 Å². The highest BCUT2D eigenvalue weighted by Crippen LogP contribution is 2.47. The van der Waals surface area contributed by atoms with Gasteiger partial charge in [0.1, 0.15) is 11.5 Å². The Bertz CT molecular complexity index is 1070. The van der Waals surface area contributed by atoms with Crippen LogP contribution in [-0.4, -0.2) is 25.9 Å². The van der Waals surface area contributed by atoms with Gasteiger partial charge in [0.05, 0.1) is 18.7 Å². The number of nitrogens with one attached hydrogen (secondary N) is 1. The summed E-state index contributed by atoms with van der Waals surface area (Å²) in [5.74, 6) is 0.688. The summed E-state index contributed by atoms with van der Waals surface area (Å²) < 4.78 is 11.7. The first-order valence-electron chi connectivity index (χ1n) is 9.64. The number of ketones is 1. The average Bonchev–Trinajstić information content (AvgIpc) is 2.72. The molecule has 0 fully saturated rings. The van der Waals surface area contributed by atoms with Crippen molar-refractivity contribution < 1.29 is 19.1 Å². The van der Waals surface area contributed by atoms with Crippen LogP contribution in [-0.2, 0) is 9.59 Å². The summed E-state index contributed by atoms with van der Waals surface area (Å²) in [5, 5.41) is 3.58. The van der Waals surface area contributed by atoms with Crippen LogP contribution < -0.4 is 14.8 Å². The molecule has 0 radical (unpaired) electrons. The predicted molar refractivity (Wildman–Crippen MR) is 118 cm³/mol. The van der Waals surface area contributed by atoms with E-state index in [9.17, 15) is 9.59 Å². The fourth-order valence-electron chi connectivity index (χ4n) is 4.41. The number of benzene rings is 2. The third-order valence-electron chi connectivity index (χ3n) is 5.76. The van der Waals surface area contributed by atoms with Gasteiger partial charge in [-0.1, -0.05) is 29.8 Å². The standard InChI is InChI=1S/C23H21BrClNO4/c1-29-20-11-16(24)21(30-2)9-14(20)15-10-22(28)26-18-7-12(8-19(27)23(15)18)13-5-3-4-6-17(13)25/h3-6,9,11-12,15H,7-8,10H2,1-2H3,(H,26,28). The summed E-state index contributed by atoms with van der Waals surface area (Å²) in [4.78, 5) is 25.9. The summed E-state index contributed by atoms with van der Waals surface area (Å²) in [5.41, 5.74) is 3.03. The monoisotopic (exact) mass is 489 g/mol. The molecule has 0 saturated carbocycles. The summed E-state index contributed by atoms with van der Waals surface area (Å²) in [7, 11) is 3.15. The molecule has 1 amide bonds. The van der Waals surface area contributed by atoms with Crippen molar-refractivity contribution in [3.05, 3.63) is 68.3 Å². The molecule has 156 valence electrons. The van der Waals surface area contributed by atoms with E-state index in [1.807, 2.05) is 30.3 Å². The van der Waals surface area contributed by atoms with E-state index in [0.29, 0.717) is 40.6 Å². The van der Waals surface area contributed by atoms with Crippen LogP contribution in [0.4, 0.5) is 0 Å². The van der Waals surface area contributed by atoms with Gasteiger partial charge in [-0.3, -0.25) is 9.59 Å². The van der Waals surface area contributed by atoms with E-state index in [-0.39, 0.29) is 29.9 Å². The molecule has 7 heteroatoms. The lowest BCUT2D eigenvalue weighted by atomic mass is 9.73. The van der Waals surface area contributed by atoms with Crippen molar-refractivity contribution >= 4 is 39.2 Å². The molecule has 1 aliphatic heterocycles. The van der Waals surface area contributed by atoms with Crippen LogP contribution in [0.2, 0.25) is 5.02 Å². The minimum atomic E-state index is -0.384. The number of Topliss-reactive ketones (excluding diaryl/α,β-unsaturated/α-hetero) is 1. The van der Waals surface area contributed by atoms with E-state index in [1.165, 1.54) is 0 Å². The van der Waals surface area contributed by atoms with Crippen LogP contribution in [0.3, 0.4) is 0 Å². The Balaban J connectivity index is 1.79.